The largest absolute Gasteiger partial charge is 0.508 e. The van der Waals surface area contributed by atoms with Gasteiger partial charge in [-0.3, -0.25) is 19.4 Å². The van der Waals surface area contributed by atoms with Gasteiger partial charge in [-0.1, -0.05) is 35.9 Å². The number of amides is 2. The van der Waals surface area contributed by atoms with Crippen LogP contribution in [-0.4, -0.2) is 87.3 Å². The predicted molar refractivity (Wildman–Crippen MR) is 195 cm³/mol. The van der Waals surface area contributed by atoms with E-state index in [0.717, 1.165) is 31.6 Å². The number of benzene rings is 3. The molecule has 1 atom stereocenters. The highest BCUT2D eigenvalue weighted by Crippen LogP contribution is 2.35. The highest BCUT2D eigenvalue weighted by Gasteiger charge is 2.34. The van der Waals surface area contributed by atoms with Gasteiger partial charge in [-0.2, -0.15) is 0 Å². The highest BCUT2D eigenvalue weighted by atomic mass is 35.5. The Balaban J connectivity index is 1.27. The molecule has 0 unspecified atom stereocenters. The van der Waals surface area contributed by atoms with Gasteiger partial charge in [0.2, 0.25) is 5.88 Å². The van der Waals surface area contributed by atoms with Crippen molar-refractivity contribution in [2.75, 3.05) is 44.9 Å². The van der Waals surface area contributed by atoms with Crippen LogP contribution in [0.5, 0.6) is 11.6 Å². The number of hydrogen-bond acceptors (Lipinski definition) is 8. The molecule has 0 bridgehead atoms. The molecule has 2 aliphatic heterocycles. The normalized spacial score (nSPS) is 16.1. The summed E-state index contributed by atoms with van der Waals surface area (Å²) in [7, 11) is 3.36. The molecule has 5 aromatic rings. The third-order valence-corrected chi connectivity index (χ3v) is 10.0. The van der Waals surface area contributed by atoms with E-state index in [4.69, 9.17) is 21.1 Å². The van der Waals surface area contributed by atoms with E-state index in [1.165, 1.54) is 42.1 Å². The van der Waals surface area contributed by atoms with E-state index in [0.29, 0.717) is 64.4 Å². The first-order valence-electron chi connectivity index (χ1n) is 16.9. The SMILES string of the molecule is COc1cnc(N(C(=O)c2cc(-c3cc(Cl)ccc3C(=O)N3Cc4ccccc4C[C@H]3CN3CCOCC3)n(C)c2C)c2ccc(O)cc2)cn1. The minimum Gasteiger partial charge on any atom is -0.508 e. The van der Waals surface area contributed by atoms with Crippen molar-refractivity contribution in [2.45, 2.75) is 25.9 Å². The zero-order valence-corrected chi connectivity index (χ0v) is 29.5. The van der Waals surface area contributed by atoms with Gasteiger partial charge >= 0.3 is 0 Å². The Kier molecular flexibility index (Phi) is 9.77. The van der Waals surface area contributed by atoms with Crippen molar-refractivity contribution in [1.82, 2.24) is 24.3 Å². The number of aromatic hydroxyl groups is 1. The van der Waals surface area contributed by atoms with Crippen LogP contribution in [0.1, 0.15) is 37.5 Å². The summed E-state index contributed by atoms with van der Waals surface area (Å²) < 4.78 is 12.7. The van der Waals surface area contributed by atoms with Crippen molar-refractivity contribution in [2.24, 2.45) is 7.05 Å². The van der Waals surface area contributed by atoms with E-state index in [1.54, 1.807) is 36.4 Å². The molecule has 1 fully saturated rings. The van der Waals surface area contributed by atoms with Gasteiger partial charge in [-0.15, -0.1) is 0 Å². The lowest BCUT2D eigenvalue weighted by atomic mass is 9.92. The number of aromatic nitrogens is 3. The number of carbonyl (C=O) groups excluding carboxylic acids is 2. The average Bonchev–Trinajstić information content (AvgIpc) is 3.45. The highest BCUT2D eigenvalue weighted by molar-refractivity contribution is 6.31. The Hall–Kier alpha value is -5.23. The van der Waals surface area contributed by atoms with E-state index in [9.17, 15) is 14.7 Å². The molecule has 0 aliphatic carbocycles. The summed E-state index contributed by atoms with van der Waals surface area (Å²) in [5.74, 6) is 0.171. The maximum atomic E-state index is 14.8. The van der Waals surface area contributed by atoms with Crippen molar-refractivity contribution < 1.29 is 24.2 Å². The zero-order valence-electron chi connectivity index (χ0n) is 28.8. The maximum absolute atomic E-state index is 14.8. The van der Waals surface area contributed by atoms with Gasteiger partial charge in [0.15, 0.2) is 5.82 Å². The van der Waals surface area contributed by atoms with Gasteiger partial charge in [-0.25, -0.2) is 9.97 Å². The van der Waals surface area contributed by atoms with E-state index >= 15 is 0 Å². The molecule has 7 rings (SSSR count). The second-order valence-electron chi connectivity index (χ2n) is 12.8. The molecule has 2 aromatic heterocycles. The average molecular weight is 707 g/mol. The quantitative estimate of drug-likeness (QED) is 0.208. The van der Waals surface area contributed by atoms with Gasteiger partial charge in [-0.05, 0) is 73.0 Å². The summed E-state index contributed by atoms with van der Waals surface area (Å²) in [5, 5.41) is 10.5. The first-order chi connectivity index (χ1) is 24.7. The molecule has 0 saturated carbocycles. The molecule has 12 heteroatoms. The number of fused-ring (bicyclic) bond motifs is 1. The van der Waals surface area contributed by atoms with Gasteiger partial charge in [0.25, 0.3) is 11.8 Å². The number of halogens is 1. The summed E-state index contributed by atoms with van der Waals surface area (Å²) >= 11 is 6.62. The number of ether oxygens (including phenoxy) is 2. The van der Waals surface area contributed by atoms with Crippen molar-refractivity contribution in [3.8, 4) is 22.9 Å². The molecule has 51 heavy (non-hydrogen) atoms. The van der Waals surface area contributed by atoms with Gasteiger partial charge < -0.3 is 24.0 Å². The molecule has 3 aromatic carbocycles. The summed E-state index contributed by atoms with van der Waals surface area (Å²) in [6.45, 7) is 6.12. The third kappa shape index (κ3) is 6.92. The number of phenols is 1. The lowest BCUT2D eigenvalue weighted by molar-refractivity contribution is 0.0193. The molecule has 1 saturated heterocycles. The van der Waals surface area contributed by atoms with Crippen LogP contribution in [0.4, 0.5) is 11.5 Å². The molecular formula is C39H39ClN6O5. The van der Waals surface area contributed by atoms with Crippen LogP contribution in [0.15, 0.2) is 85.2 Å². The summed E-state index contributed by atoms with van der Waals surface area (Å²) in [6.07, 6.45) is 3.65. The number of hydrogen-bond donors (Lipinski definition) is 1. The Morgan fingerprint density at radius 3 is 2.43 bits per heavy atom. The van der Waals surface area contributed by atoms with Crippen LogP contribution in [-0.2, 0) is 24.8 Å². The molecule has 2 aliphatic rings. The zero-order chi connectivity index (χ0) is 35.6. The smallest absolute Gasteiger partial charge is 0.265 e. The summed E-state index contributed by atoms with van der Waals surface area (Å²) in [6, 6.07) is 21.7. The van der Waals surface area contributed by atoms with Crippen LogP contribution >= 0.6 is 11.6 Å². The van der Waals surface area contributed by atoms with Crippen molar-refractivity contribution in [1.29, 1.82) is 0 Å². The number of phenolic OH excluding ortho intramolecular Hbond substituents is 1. The number of anilines is 2. The molecule has 262 valence electrons. The van der Waals surface area contributed by atoms with Crippen LogP contribution in [0, 0.1) is 6.92 Å². The van der Waals surface area contributed by atoms with E-state index in [2.05, 4.69) is 33.1 Å². The molecule has 1 N–H and O–H groups in total. The topological polar surface area (TPSA) is 113 Å². The van der Waals surface area contributed by atoms with E-state index in [1.807, 2.05) is 29.5 Å². The minimum absolute atomic E-state index is 0.0363. The summed E-state index contributed by atoms with van der Waals surface area (Å²) in [5.41, 5.74) is 5.75. The second kappa shape index (κ2) is 14.6. The molecule has 11 nitrogen and oxygen atoms in total. The standard InChI is InChI=1S/C39H39ClN6O5/c1-25-33(39(49)46(29-9-11-31(47)12-10-29)36-21-42-37(50-3)22-41-36)20-35(43(25)2)34-19-28(40)8-13-32(34)38(48)45-23-27-7-5-4-6-26(27)18-30(45)24-44-14-16-51-17-15-44/h4-13,19-22,30,47H,14-18,23-24H2,1-3H3/t30-/m0/s1. The van der Waals surface area contributed by atoms with Crippen molar-refractivity contribution >= 4 is 34.9 Å². The fourth-order valence-electron chi connectivity index (χ4n) is 6.92. The monoisotopic (exact) mass is 706 g/mol. The van der Waals surface area contributed by atoms with Gasteiger partial charge in [0.1, 0.15) is 5.75 Å². The van der Waals surface area contributed by atoms with Gasteiger partial charge in [0.05, 0.1) is 44.0 Å². The third-order valence-electron chi connectivity index (χ3n) is 9.81. The number of nitrogens with zero attached hydrogens (tertiary/aromatic N) is 6. The Bertz CT molecular complexity index is 2060. The Labute approximate surface area is 301 Å². The Morgan fingerprint density at radius 1 is 0.980 bits per heavy atom. The van der Waals surface area contributed by atoms with Crippen LogP contribution in [0.3, 0.4) is 0 Å². The predicted octanol–water partition coefficient (Wildman–Crippen LogP) is 6.04. The van der Waals surface area contributed by atoms with E-state index in [-0.39, 0.29) is 29.4 Å². The fraction of sp³-hybridized carbons (Fsp3) is 0.282. The van der Waals surface area contributed by atoms with Crippen LogP contribution in [0.25, 0.3) is 11.3 Å². The summed E-state index contributed by atoms with van der Waals surface area (Å²) in [4.78, 5) is 43.8. The molecular weight excluding hydrogens is 668 g/mol. The number of methoxy groups -OCH3 is 1. The first kappa shape index (κ1) is 34.2. The molecule has 4 heterocycles. The van der Waals surface area contributed by atoms with Gasteiger partial charge in [0, 0.05) is 66.8 Å². The lowest BCUT2D eigenvalue weighted by Gasteiger charge is -2.40. The number of carbonyl (C=O) groups is 2. The van der Waals surface area contributed by atoms with E-state index < -0.39 is 0 Å². The lowest BCUT2D eigenvalue weighted by Crippen LogP contribution is -2.52. The molecule has 0 spiro atoms. The fourth-order valence-corrected chi connectivity index (χ4v) is 7.09. The van der Waals surface area contributed by atoms with Crippen LogP contribution < -0.4 is 9.64 Å². The molecule has 0 radical (unpaired) electrons. The van der Waals surface area contributed by atoms with Crippen LogP contribution in [0.2, 0.25) is 5.02 Å². The Morgan fingerprint density at radius 2 is 1.73 bits per heavy atom. The number of rotatable bonds is 8. The van der Waals surface area contributed by atoms with Crippen molar-refractivity contribution in [3.05, 3.63) is 118 Å². The van der Waals surface area contributed by atoms with Crippen molar-refractivity contribution in [3.63, 3.8) is 0 Å². The molecule has 2 amide bonds. The minimum atomic E-state index is -0.368. The maximum Gasteiger partial charge on any atom is 0.265 e. The first-order valence-corrected chi connectivity index (χ1v) is 17.2. The number of morpholine rings is 1. The second-order valence-corrected chi connectivity index (χ2v) is 13.3.